The lowest BCUT2D eigenvalue weighted by Gasteiger charge is -2.49. The van der Waals surface area contributed by atoms with Crippen molar-refractivity contribution >= 4 is 35.6 Å². The molecule has 1 saturated heterocycles. The molecule has 3 aliphatic heterocycles. The number of β-lactam (4-membered cyclic amide) rings is 1. The van der Waals surface area contributed by atoms with Crippen molar-refractivity contribution in [3.8, 4) is 0 Å². The number of methoxy groups -OCH3 is 1. The SMILES string of the molecule is CO/C=C(/C(=O)N[C@@H]1C(=O)N2C(C(=O)O)=C(COC(N)=O)CS[C@H]12)C1=CC=CCO1. The third-order valence-electron chi connectivity index (χ3n) is 4.39. The van der Waals surface area contributed by atoms with Gasteiger partial charge in [-0.05, 0) is 12.2 Å². The normalized spacial score (nSPS) is 23.0. The van der Waals surface area contributed by atoms with Crippen LogP contribution in [0.5, 0.6) is 0 Å². The van der Waals surface area contributed by atoms with Crippen LogP contribution in [0.2, 0.25) is 0 Å². The van der Waals surface area contributed by atoms with Crippen molar-refractivity contribution in [1.82, 2.24) is 10.2 Å². The maximum Gasteiger partial charge on any atom is 0.404 e. The smallest absolute Gasteiger partial charge is 0.404 e. The Morgan fingerprint density at radius 1 is 1.47 bits per heavy atom. The van der Waals surface area contributed by atoms with Crippen LogP contribution >= 0.6 is 11.8 Å². The summed E-state index contributed by atoms with van der Waals surface area (Å²) in [5.74, 6) is -2.05. The number of carbonyl (C=O) groups excluding carboxylic acids is 3. The van der Waals surface area contributed by atoms with Crippen LogP contribution < -0.4 is 11.1 Å². The number of nitrogens with two attached hydrogens (primary N) is 1. The molecule has 0 aromatic carbocycles. The minimum atomic E-state index is -1.34. The molecule has 0 spiro atoms. The van der Waals surface area contributed by atoms with E-state index in [-0.39, 0.29) is 41.6 Å². The summed E-state index contributed by atoms with van der Waals surface area (Å²) < 4.78 is 15.0. The van der Waals surface area contributed by atoms with E-state index in [0.717, 1.165) is 4.90 Å². The number of primary amides is 1. The Morgan fingerprint density at radius 2 is 2.23 bits per heavy atom. The van der Waals surface area contributed by atoms with E-state index in [0.29, 0.717) is 0 Å². The van der Waals surface area contributed by atoms with Crippen LogP contribution in [0.15, 0.2) is 47.1 Å². The molecule has 1 fully saturated rings. The first-order chi connectivity index (χ1) is 14.3. The summed E-state index contributed by atoms with van der Waals surface area (Å²) in [5, 5.41) is 11.5. The van der Waals surface area contributed by atoms with E-state index in [9.17, 15) is 24.3 Å². The van der Waals surface area contributed by atoms with Gasteiger partial charge in [0.15, 0.2) is 0 Å². The number of hydrogen-bond donors (Lipinski definition) is 3. The van der Waals surface area contributed by atoms with Gasteiger partial charge in [-0.15, -0.1) is 11.8 Å². The number of fused-ring (bicyclic) bond motifs is 1. The number of nitrogens with zero attached hydrogens (tertiary/aromatic N) is 1. The molecular formula is C18H19N3O8S. The van der Waals surface area contributed by atoms with E-state index in [1.165, 1.54) is 25.1 Å². The number of rotatable bonds is 7. The van der Waals surface area contributed by atoms with Gasteiger partial charge in [0.2, 0.25) is 0 Å². The van der Waals surface area contributed by atoms with Gasteiger partial charge in [0.25, 0.3) is 11.8 Å². The van der Waals surface area contributed by atoms with E-state index in [2.05, 4.69) is 10.1 Å². The van der Waals surface area contributed by atoms with Crippen molar-refractivity contribution in [2.75, 3.05) is 26.1 Å². The number of amides is 3. The summed E-state index contributed by atoms with van der Waals surface area (Å²) >= 11 is 1.24. The zero-order chi connectivity index (χ0) is 21.8. The number of nitrogens with one attached hydrogen (secondary N) is 1. The average molecular weight is 437 g/mol. The number of ether oxygens (including phenoxy) is 3. The second-order valence-corrected chi connectivity index (χ2v) is 7.37. The van der Waals surface area contributed by atoms with E-state index < -0.39 is 35.3 Å². The zero-order valence-corrected chi connectivity index (χ0v) is 16.6. The summed E-state index contributed by atoms with van der Waals surface area (Å²) in [7, 11) is 1.37. The van der Waals surface area contributed by atoms with Crippen molar-refractivity contribution < 1.29 is 38.5 Å². The molecule has 0 radical (unpaired) electrons. The second kappa shape index (κ2) is 8.95. The van der Waals surface area contributed by atoms with E-state index >= 15 is 0 Å². The number of thioether (sulfide) groups is 1. The standard InChI is InChI=1S/C18H19N3O8S/c1-27-7-10(11-4-2-3-5-28-11)14(22)20-12-15(23)21-13(17(24)25)9(6-29-18(19)26)8-30-16(12)21/h2-4,7,12,16H,5-6,8H2,1H3,(H2,19,26)(H,20,22)(H,24,25)/b10-7+/t12-,16-/m1/s1. The summed E-state index contributed by atoms with van der Waals surface area (Å²) in [5.41, 5.74) is 4.99. The van der Waals surface area contributed by atoms with Crippen LogP contribution in [0.1, 0.15) is 0 Å². The fraction of sp³-hybridized carbons (Fsp3) is 0.333. The fourth-order valence-electron chi connectivity index (χ4n) is 3.08. The van der Waals surface area contributed by atoms with Crippen molar-refractivity contribution in [2.45, 2.75) is 11.4 Å². The van der Waals surface area contributed by atoms with Gasteiger partial charge >= 0.3 is 12.1 Å². The van der Waals surface area contributed by atoms with Crippen LogP contribution in [0.3, 0.4) is 0 Å². The maximum absolute atomic E-state index is 12.7. The molecule has 12 heteroatoms. The Hall–Kier alpha value is -3.41. The van der Waals surface area contributed by atoms with Crippen molar-refractivity contribution in [2.24, 2.45) is 5.73 Å². The van der Waals surface area contributed by atoms with Gasteiger partial charge < -0.3 is 30.4 Å². The van der Waals surface area contributed by atoms with Crippen LogP contribution in [-0.4, -0.2) is 71.4 Å². The molecular weight excluding hydrogens is 418 g/mol. The largest absolute Gasteiger partial charge is 0.503 e. The number of carboxylic acids is 1. The average Bonchev–Trinajstić information content (AvgIpc) is 2.73. The monoisotopic (exact) mass is 437 g/mol. The molecule has 0 aliphatic carbocycles. The fourth-order valence-corrected chi connectivity index (χ4v) is 4.40. The van der Waals surface area contributed by atoms with E-state index in [1.807, 2.05) is 0 Å². The topological polar surface area (TPSA) is 157 Å². The molecule has 0 bridgehead atoms. The second-order valence-electron chi connectivity index (χ2n) is 6.26. The minimum absolute atomic E-state index is 0.0958. The molecule has 3 rings (SSSR count). The van der Waals surface area contributed by atoms with Crippen LogP contribution in [-0.2, 0) is 28.6 Å². The lowest BCUT2D eigenvalue weighted by molar-refractivity contribution is -0.150. The van der Waals surface area contributed by atoms with Crippen LogP contribution in [0.25, 0.3) is 0 Å². The molecule has 160 valence electrons. The first-order valence-electron chi connectivity index (χ1n) is 8.71. The van der Waals surface area contributed by atoms with Gasteiger partial charge in [0.05, 0.1) is 13.4 Å². The molecule has 11 nitrogen and oxygen atoms in total. The molecule has 3 aliphatic rings. The van der Waals surface area contributed by atoms with Gasteiger partial charge in [-0.25, -0.2) is 9.59 Å². The van der Waals surface area contributed by atoms with Gasteiger partial charge in [-0.2, -0.15) is 0 Å². The van der Waals surface area contributed by atoms with Crippen molar-refractivity contribution in [3.63, 3.8) is 0 Å². The third kappa shape index (κ3) is 4.13. The number of allylic oxidation sites excluding steroid dienone is 2. The molecule has 0 unspecified atom stereocenters. The Bertz CT molecular complexity index is 907. The molecule has 3 amide bonds. The molecule has 30 heavy (non-hydrogen) atoms. The molecule has 3 heterocycles. The predicted octanol–water partition coefficient (Wildman–Crippen LogP) is -0.179. The Labute approximate surface area is 175 Å². The predicted molar refractivity (Wildman–Crippen MR) is 103 cm³/mol. The van der Waals surface area contributed by atoms with Crippen LogP contribution in [0, 0.1) is 0 Å². The quantitative estimate of drug-likeness (QED) is 0.279. The number of carboxylic acid groups (broad SMARTS) is 1. The van der Waals surface area contributed by atoms with Gasteiger partial charge in [0, 0.05) is 11.3 Å². The van der Waals surface area contributed by atoms with Gasteiger partial charge in [0.1, 0.15) is 41.7 Å². The third-order valence-corrected chi connectivity index (χ3v) is 5.73. The minimum Gasteiger partial charge on any atom is -0.503 e. The number of aliphatic carboxylic acids is 1. The Morgan fingerprint density at radius 3 is 2.83 bits per heavy atom. The van der Waals surface area contributed by atoms with Crippen LogP contribution in [0.4, 0.5) is 4.79 Å². The highest BCUT2D eigenvalue weighted by atomic mass is 32.2. The first-order valence-corrected chi connectivity index (χ1v) is 9.76. The Kier molecular flexibility index (Phi) is 6.35. The highest BCUT2D eigenvalue weighted by Gasteiger charge is 2.54. The lowest BCUT2D eigenvalue weighted by atomic mass is 10.0. The summed E-state index contributed by atoms with van der Waals surface area (Å²) in [6.45, 7) is -0.0467. The lowest BCUT2D eigenvalue weighted by Crippen LogP contribution is -2.70. The molecule has 0 aromatic rings. The van der Waals surface area contributed by atoms with E-state index in [1.54, 1.807) is 18.2 Å². The maximum atomic E-state index is 12.7. The van der Waals surface area contributed by atoms with Crippen molar-refractivity contribution in [3.05, 3.63) is 47.1 Å². The summed E-state index contributed by atoms with van der Waals surface area (Å²) in [6.07, 6.45) is 5.23. The Balaban J connectivity index is 1.76. The first kappa shape index (κ1) is 21.3. The van der Waals surface area contributed by atoms with E-state index in [4.69, 9.17) is 15.2 Å². The van der Waals surface area contributed by atoms with Gasteiger partial charge in [-0.1, -0.05) is 6.08 Å². The molecule has 2 atom stereocenters. The summed E-state index contributed by atoms with van der Waals surface area (Å²) in [4.78, 5) is 49.0. The molecule has 4 N–H and O–H groups in total. The zero-order valence-electron chi connectivity index (χ0n) is 15.8. The number of carbonyl (C=O) groups is 4. The van der Waals surface area contributed by atoms with Crippen molar-refractivity contribution in [1.29, 1.82) is 0 Å². The summed E-state index contributed by atoms with van der Waals surface area (Å²) in [6, 6.07) is -0.935. The molecule has 0 aromatic heterocycles. The van der Waals surface area contributed by atoms with Gasteiger partial charge in [-0.3, -0.25) is 14.5 Å². The number of hydrogen-bond acceptors (Lipinski definition) is 8. The highest BCUT2D eigenvalue weighted by Crippen LogP contribution is 2.40. The highest BCUT2D eigenvalue weighted by molar-refractivity contribution is 8.00. The molecule has 0 saturated carbocycles.